The molecule has 0 aromatic heterocycles. The SMILES string of the molecule is CC1NCCCC1NC(=O)c1ccc2c(c1)CCC2. The predicted molar refractivity (Wildman–Crippen MR) is 76.4 cm³/mol. The molecular weight excluding hydrogens is 236 g/mol. The quantitative estimate of drug-likeness (QED) is 0.852. The van der Waals surface area contributed by atoms with Crippen LogP contribution in [0.15, 0.2) is 18.2 Å². The molecular formula is C16H22N2O. The highest BCUT2D eigenvalue weighted by Gasteiger charge is 2.23. The maximum atomic E-state index is 12.3. The smallest absolute Gasteiger partial charge is 0.251 e. The summed E-state index contributed by atoms with van der Waals surface area (Å²) in [4.78, 5) is 12.3. The molecule has 3 rings (SSSR count). The molecule has 0 saturated carbocycles. The highest BCUT2D eigenvalue weighted by molar-refractivity contribution is 5.94. The summed E-state index contributed by atoms with van der Waals surface area (Å²) in [6, 6.07) is 6.81. The fourth-order valence-corrected chi connectivity index (χ4v) is 3.21. The first-order valence-electron chi connectivity index (χ1n) is 7.40. The summed E-state index contributed by atoms with van der Waals surface area (Å²) in [7, 11) is 0. The maximum Gasteiger partial charge on any atom is 0.251 e. The summed E-state index contributed by atoms with van der Waals surface area (Å²) in [5, 5.41) is 6.59. The summed E-state index contributed by atoms with van der Waals surface area (Å²) in [6.45, 7) is 3.21. The summed E-state index contributed by atoms with van der Waals surface area (Å²) in [6.07, 6.45) is 5.73. The highest BCUT2D eigenvalue weighted by atomic mass is 16.1. The zero-order chi connectivity index (χ0) is 13.2. The molecule has 0 radical (unpaired) electrons. The maximum absolute atomic E-state index is 12.3. The molecule has 2 aliphatic rings. The van der Waals surface area contributed by atoms with E-state index in [4.69, 9.17) is 0 Å². The van der Waals surface area contributed by atoms with Crippen molar-refractivity contribution in [1.82, 2.24) is 10.6 Å². The van der Waals surface area contributed by atoms with Gasteiger partial charge in [-0.1, -0.05) is 6.07 Å². The van der Waals surface area contributed by atoms with Crippen molar-refractivity contribution < 1.29 is 4.79 Å². The van der Waals surface area contributed by atoms with Crippen molar-refractivity contribution >= 4 is 5.91 Å². The molecule has 3 heteroatoms. The third kappa shape index (κ3) is 2.66. The predicted octanol–water partition coefficient (Wildman–Crippen LogP) is 2.05. The fourth-order valence-electron chi connectivity index (χ4n) is 3.21. The lowest BCUT2D eigenvalue weighted by atomic mass is 9.99. The van der Waals surface area contributed by atoms with Gasteiger partial charge in [0, 0.05) is 17.6 Å². The van der Waals surface area contributed by atoms with E-state index in [2.05, 4.69) is 29.7 Å². The van der Waals surface area contributed by atoms with Crippen LogP contribution in [-0.2, 0) is 12.8 Å². The molecule has 0 spiro atoms. The number of carbonyl (C=O) groups is 1. The van der Waals surface area contributed by atoms with Gasteiger partial charge in [0.05, 0.1) is 0 Å². The molecule has 2 atom stereocenters. The van der Waals surface area contributed by atoms with Crippen LogP contribution in [0.25, 0.3) is 0 Å². The van der Waals surface area contributed by atoms with E-state index < -0.39 is 0 Å². The Balaban J connectivity index is 1.70. The molecule has 2 unspecified atom stereocenters. The van der Waals surface area contributed by atoms with Gasteiger partial charge in [-0.25, -0.2) is 0 Å². The molecule has 102 valence electrons. The Bertz CT molecular complexity index is 484. The standard InChI is InChI=1S/C16H22N2O/c1-11-15(6-3-9-17-11)18-16(19)14-8-7-12-4-2-5-13(12)10-14/h7-8,10-11,15,17H,2-6,9H2,1H3,(H,18,19). The number of piperidine rings is 1. The largest absolute Gasteiger partial charge is 0.348 e. The number of hydrogen-bond acceptors (Lipinski definition) is 2. The lowest BCUT2D eigenvalue weighted by Crippen LogP contribution is -2.51. The molecule has 1 fully saturated rings. The van der Waals surface area contributed by atoms with Crippen LogP contribution >= 0.6 is 0 Å². The van der Waals surface area contributed by atoms with E-state index in [9.17, 15) is 4.79 Å². The number of benzene rings is 1. The van der Waals surface area contributed by atoms with Crippen LogP contribution < -0.4 is 10.6 Å². The Morgan fingerprint density at radius 3 is 2.95 bits per heavy atom. The van der Waals surface area contributed by atoms with Crippen LogP contribution in [0.1, 0.15) is 47.7 Å². The molecule has 0 bridgehead atoms. The first-order valence-corrected chi connectivity index (χ1v) is 7.40. The second kappa shape index (κ2) is 5.33. The number of aryl methyl sites for hydroxylation is 2. The van der Waals surface area contributed by atoms with Crippen LogP contribution in [0.3, 0.4) is 0 Å². The zero-order valence-corrected chi connectivity index (χ0v) is 11.5. The Kier molecular flexibility index (Phi) is 3.56. The van der Waals surface area contributed by atoms with E-state index in [0.717, 1.165) is 31.4 Å². The molecule has 2 N–H and O–H groups in total. The molecule has 19 heavy (non-hydrogen) atoms. The number of nitrogens with one attached hydrogen (secondary N) is 2. The lowest BCUT2D eigenvalue weighted by molar-refractivity contribution is 0.0920. The number of carbonyl (C=O) groups excluding carboxylic acids is 1. The average Bonchev–Trinajstić information content (AvgIpc) is 2.88. The average molecular weight is 258 g/mol. The van der Waals surface area contributed by atoms with E-state index in [-0.39, 0.29) is 11.9 Å². The van der Waals surface area contributed by atoms with E-state index in [1.807, 2.05) is 6.07 Å². The molecule has 1 aliphatic heterocycles. The minimum Gasteiger partial charge on any atom is -0.348 e. The molecule has 1 amide bonds. The van der Waals surface area contributed by atoms with Gasteiger partial charge in [-0.2, -0.15) is 0 Å². The van der Waals surface area contributed by atoms with E-state index in [1.54, 1.807) is 0 Å². The van der Waals surface area contributed by atoms with Crippen molar-refractivity contribution in [2.75, 3.05) is 6.54 Å². The third-order valence-electron chi connectivity index (χ3n) is 4.44. The summed E-state index contributed by atoms with van der Waals surface area (Å²) < 4.78 is 0. The van der Waals surface area contributed by atoms with E-state index in [1.165, 1.54) is 24.0 Å². The molecule has 3 nitrogen and oxygen atoms in total. The molecule has 1 aromatic rings. The number of amides is 1. The van der Waals surface area contributed by atoms with Crippen LogP contribution in [0, 0.1) is 0 Å². The van der Waals surface area contributed by atoms with Gasteiger partial charge in [-0.05, 0) is 68.8 Å². The van der Waals surface area contributed by atoms with Gasteiger partial charge in [0.1, 0.15) is 0 Å². The minimum absolute atomic E-state index is 0.0789. The monoisotopic (exact) mass is 258 g/mol. The van der Waals surface area contributed by atoms with Crippen LogP contribution in [0.2, 0.25) is 0 Å². The fraction of sp³-hybridized carbons (Fsp3) is 0.562. The number of rotatable bonds is 2. The van der Waals surface area contributed by atoms with E-state index in [0.29, 0.717) is 6.04 Å². The Labute approximate surface area is 114 Å². The van der Waals surface area contributed by atoms with Gasteiger partial charge in [0.2, 0.25) is 0 Å². The summed E-state index contributed by atoms with van der Waals surface area (Å²) >= 11 is 0. The first kappa shape index (κ1) is 12.7. The number of fused-ring (bicyclic) bond motifs is 1. The highest BCUT2D eigenvalue weighted by Crippen LogP contribution is 2.23. The van der Waals surface area contributed by atoms with Crippen LogP contribution in [0.5, 0.6) is 0 Å². The van der Waals surface area contributed by atoms with Crippen molar-refractivity contribution in [2.45, 2.75) is 51.1 Å². The summed E-state index contributed by atoms with van der Waals surface area (Å²) in [5.41, 5.74) is 3.60. The van der Waals surface area contributed by atoms with Crippen molar-refractivity contribution in [1.29, 1.82) is 0 Å². The Morgan fingerprint density at radius 2 is 2.11 bits per heavy atom. The van der Waals surface area contributed by atoms with Gasteiger partial charge < -0.3 is 10.6 Å². The van der Waals surface area contributed by atoms with Crippen LogP contribution in [0.4, 0.5) is 0 Å². The lowest BCUT2D eigenvalue weighted by Gasteiger charge is -2.30. The molecule has 1 aliphatic carbocycles. The minimum atomic E-state index is 0.0789. The summed E-state index contributed by atoms with van der Waals surface area (Å²) in [5.74, 6) is 0.0789. The number of hydrogen-bond donors (Lipinski definition) is 2. The molecule has 1 heterocycles. The third-order valence-corrected chi connectivity index (χ3v) is 4.44. The topological polar surface area (TPSA) is 41.1 Å². The van der Waals surface area contributed by atoms with Crippen molar-refractivity contribution in [2.24, 2.45) is 0 Å². The van der Waals surface area contributed by atoms with Crippen molar-refractivity contribution in [3.05, 3.63) is 34.9 Å². The van der Waals surface area contributed by atoms with Crippen molar-refractivity contribution in [3.8, 4) is 0 Å². The van der Waals surface area contributed by atoms with Gasteiger partial charge in [0.25, 0.3) is 5.91 Å². The second-order valence-corrected chi connectivity index (χ2v) is 5.80. The van der Waals surface area contributed by atoms with Gasteiger partial charge in [-0.3, -0.25) is 4.79 Å². The first-order chi connectivity index (χ1) is 9.24. The second-order valence-electron chi connectivity index (χ2n) is 5.80. The van der Waals surface area contributed by atoms with Crippen molar-refractivity contribution in [3.63, 3.8) is 0 Å². The Hall–Kier alpha value is -1.35. The molecule has 1 saturated heterocycles. The van der Waals surface area contributed by atoms with Gasteiger partial charge in [0.15, 0.2) is 0 Å². The Morgan fingerprint density at radius 1 is 1.26 bits per heavy atom. The van der Waals surface area contributed by atoms with Gasteiger partial charge in [-0.15, -0.1) is 0 Å². The van der Waals surface area contributed by atoms with E-state index >= 15 is 0 Å². The molecule has 1 aromatic carbocycles. The van der Waals surface area contributed by atoms with Gasteiger partial charge >= 0.3 is 0 Å². The zero-order valence-electron chi connectivity index (χ0n) is 11.5. The normalized spacial score (nSPS) is 25.9. The van der Waals surface area contributed by atoms with Crippen LogP contribution in [-0.4, -0.2) is 24.5 Å².